The molecule has 1 aromatic carbocycles. The minimum absolute atomic E-state index is 0.0187. The molecule has 132 valence electrons. The highest BCUT2D eigenvalue weighted by Gasteiger charge is 2.20. The molecule has 5 nitrogen and oxygen atoms in total. The zero-order chi connectivity index (χ0) is 18.7. The molecule has 0 spiro atoms. The summed E-state index contributed by atoms with van der Waals surface area (Å²) in [5, 5.41) is 2.77. The van der Waals surface area contributed by atoms with E-state index in [1.165, 1.54) is 24.4 Å². The second-order valence-corrected chi connectivity index (χ2v) is 5.94. The fourth-order valence-corrected chi connectivity index (χ4v) is 2.79. The van der Waals surface area contributed by atoms with Gasteiger partial charge in [0, 0.05) is 18.0 Å². The van der Waals surface area contributed by atoms with E-state index in [1.807, 2.05) is 6.92 Å². The molecule has 2 N–H and O–H groups in total. The largest absolute Gasteiger partial charge is 0.356 e. The Balaban J connectivity index is 1.83. The van der Waals surface area contributed by atoms with E-state index < -0.39 is 17.5 Å². The molecule has 26 heavy (non-hydrogen) atoms. The minimum atomic E-state index is -0.711. The lowest BCUT2D eigenvalue weighted by molar-refractivity contribution is 0.102. The van der Waals surface area contributed by atoms with Gasteiger partial charge in [0.05, 0.1) is 22.0 Å². The second-order valence-electron chi connectivity index (χ2n) is 5.53. The molecule has 0 aliphatic rings. The maximum atomic E-state index is 13.9. The Kier molecular flexibility index (Phi) is 5.14. The van der Waals surface area contributed by atoms with Gasteiger partial charge in [-0.15, -0.1) is 0 Å². The zero-order valence-corrected chi connectivity index (χ0v) is 14.6. The Bertz CT molecular complexity index is 964. The van der Waals surface area contributed by atoms with E-state index in [4.69, 9.17) is 11.6 Å². The predicted molar refractivity (Wildman–Crippen MR) is 97.2 cm³/mol. The summed E-state index contributed by atoms with van der Waals surface area (Å²) in [6.07, 6.45) is 3.67. The number of pyridine rings is 1. The molecule has 2 heterocycles. The number of ketones is 1. The number of aromatic nitrogens is 2. The number of hydrogen-bond acceptors (Lipinski definition) is 3. The summed E-state index contributed by atoms with van der Waals surface area (Å²) in [5.74, 6) is -1.73. The van der Waals surface area contributed by atoms with Gasteiger partial charge in [-0.25, -0.2) is 4.39 Å². The van der Waals surface area contributed by atoms with Crippen molar-refractivity contribution in [2.75, 3.05) is 5.32 Å². The molecule has 0 aliphatic carbocycles. The summed E-state index contributed by atoms with van der Waals surface area (Å²) in [6, 6.07) is 8.85. The Morgan fingerprint density at radius 2 is 2.08 bits per heavy atom. The van der Waals surface area contributed by atoms with Gasteiger partial charge in [0.1, 0.15) is 11.5 Å². The number of carbonyl (C=O) groups excluding carboxylic acids is 2. The standard InChI is InChI=1S/C19H15ClFN3O2/c1-2-14-15(7-4-8-22-14)24-19(26)16-9-11(10-23-16)18(25)17-12(20)5-3-6-13(17)21/h3-10,23H,2H2,1H3,(H,24,26). The van der Waals surface area contributed by atoms with E-state index in [1.54, 1.807) is 18.3 Å². The van der Waals surface area contributed by atoms with Gasteiger partial charge in [-0.1, -0.05) is 24.6 Å². The zero-order valence-electron chi connectivity index (χ0n) is 13.8. The van der Waals surface area contributed by atoms with Crippen molar-refractivity contribution in [3.63, 3.8) is 0 Å². The number of aryl methyl sites for hydroxylation is 1. The SMILES string of the molecule is CCc1ncccc1NC(=O)c1cc(C(=O)c2c(F)cccc2Cl)c[nH]1. The number of H-pyrrole nitrogens is 1. The van der Waals surface area contributed by atoms with Gasteiger partial charge in [-0.3, -0.25) is 14.6 Å². The van der Waals surface area contributed by atoms with Crippen LogP contribution in [0, 0.1) is 5.82 Å². The molecule has 0 bridgehead atoms. The molecular formula is C19H15ClFN3O2. The van der Waals surface area contributed by atoms with Gasteiger partial charge < -0.3 is 10.3 Å². The van der Waals surface area contributed by atoms with Crippen LogP contribution < -0.4 is 5.32 Å². The fourth-order valence-electron chi connectivity index (χ4n) is 2.54. The van der Waals surface area contributed by atoms with E-state index >= 15 is 0 Å². The Hall–Kier alpha value is -2.99. The van der Waals surface area contributed by atoms with Crippen LogP contribution in [0.15, 0.2) is 48.8 Å². The van der Waals surface area contributed by atoms with Crippen LogP contribution in [0.25, 0.3) is 0 Å². The van der Waals surface area contributed by atoms with Crippen LogP contribution in [-0.2, 0) is 6.42 Å². The average molecular weight is 372 g/mol. The lowest BCUT2D eigenvalue weighted by Gasteiger charge is -2.07. The summed E-state index contributed by atoms with van der Waals surface area (Å²) in [6.45, 7) is 1.93. The van der Waals surface area contributed by atoms with Crippen LogP contribution in [-0.4, -0.2) is 21.7 Å². The molecule has 2 aromatic heterocycles. The maximum Gasteiger partial charge on any atom is 0.272 e. The highest BCUT2D eigenvalue weighted by Crippen LogP contribution is 2.23. The lowest BCUT2D eigenvalue weighted by Crippen LogP contribution is -2.14. The molecule has 0 saturated heterocycles. The fraction of sp³-hybridized carbons (Fsp3) is 0.105. The normalized spacial score (nSPS) is 10.6. The summed E-state index contributed by atoms with van der Waals surface area (Å²) >= 11 is 5.93. The third-order valence-corrected chi connectivity index (χ3v) is 4.17. The first-order valence-corrected chi connectivity index (χ1v) is 8.31. The monoisotopic (exact) mass is 371 g/mol. The van der Waals surface area contributed by atoms with Crippen LogP contribution in [0.3, 0.4) is 0 Å². The average Bonchev–Trinajstić information content (AvgIpc) is 3.12. The number of nitrogens with zero attached hydrogens (tertiary/aromatic N) is 1. The van der Waals surface area contributed by atoms with Gasteiger partial charge in [0.25, 0.3) is 5.91 Å². The first kappa shape index (κ1) is 17.8. The number of rotatable bonds is 5. The van der Waals surface area contributed by atoms with Gasteiger partial charge in [0.15, 0.2) is 5.78 Å². The number of nitrogens with one attached hydrogen (secondary N) is 2. The van der Waals surface area contributed by atoms with Gasteiger partial charge in [-0.05, 0) is 36.8 Å². The third kappa shape index (κ3) is 3.50. The van der Waals surface area contributed by atoms with Crippen LogP contribution in [0.5, 0.6) is 0 Å². The van der Waals surface area contributed by atoms with Crippen molar-refractivity contribution in [2.45, 2.75) is 13.3 Å². The number of benzene rings is 1. The first-order chi connectivity index (χ1) is 12.5. The first-order valence-electron chi connectivity index (χ1n) is 7.93. The molecule has 0 aliphatic heterocycles. The van der Waals surface area contributed by atoms with Crippen molar-refractivity contribution in [1.29, 1.82) is 0 Å². The number of halogens is 2. The van der Waals surface area contributed by atoms with E-state index in [9.17, 15) is 14.0 Å². The predicted octanol–water partition coefficient (Wildman–Crippen LogP) is 4.25. The maximum absolute atomic E-state index is 13.9. The quantitative estimate of drug-likeness (QED) is 0.658. The summed E-state index contributed by atoms with van der Waals surface area (Å²) < 4.78 is 13.9. The Morgan fingerprint density at radius 3 is 2.81 bits per heavy atom. The summed E-state index contributed by atoms with van der Waals surface area (Å²) in [5.41, 5.74) is 1.44. The lowest BCUT2D eigenvalue weighted by atomic mass is 10.1. The summed E-state index contributed by atoms with van der Waals surface area (Å²) in [7, 11) is 0. The van der Waals surface area contributed by atoms with E-state index in [0.29, 0.717) is 12.1 Å². The number of aromatic amines is 1. The molecule has 3 aromatic rings. The van der Waals surface area contributed by atoms with E-state index in [-0.39, 0.29) is 21.8 Å². The van der Waals surface area contributed by atoms with Crippen molar-refractivity contribution in [3.05, 3.63) is 82.1 Å². The van der Waals surface area contributed by atoms with Crippen LogP contribution in [0.4, 0.5) is 10.1 Å². The second kappa shape index (κ2) is 7.49. The van der Waals surface area contributed by atoms with Crippen LogP contribution in [0.2, 0.25) is 5.02 Å². The molecule has 7 heteroatoms. The van der Waals surface area contributed by atoms with Crippen molar-refractivity contribution >= 4 is 29.0 Å². The van der Waals surface area contributed by atoms with Crippen LogP contribution in [0.1, 0.15) is 39.0 Å². The highest BCUT2D eigenvalue weighted by molar-refractivity contribution is 6.35. The highest BCUT2D eigenvalue weighted by atomic mass is 35.5. The molecule has 0 saturated carbocycles. The third-order valence-electron chi connectivity index (χ3n) is 3.85. The number of carbonyl (C=O) groups is 2. The van der Waals surface area contributed by atoms with Crippen molar-refractivity contribution < 1.29 is 14.0 Å². The molecule has 3 rings (SSSR count). The van der Waals surface area contributed by atoms with Gasteiger partial charge in [-0.2, -0.15) is 0 Å². The van der Waals surface area contributed by atoms with E-state index in [0.717, 1.165) is 11.8 Å². The molecule has 0 atom stereocenters. The number of anilines is 1. The number of hydrogen-bond donors (Lipinski definition) is 2. The number of amides is 1. The van der Waals surface area contributed by atoms with Crippen molar-refractivity contribution in [2.24, 2.45) is 0 Å². The summed E-state index contributed by atoms with van der Waals surface area (Å²) in [4.78, 5) is 31.8. The Labute approximate surface area is 154 Å². The van der Waals surface area contributed by atoms with E-state index in [2.05, 4.69) is 15.3 Å². The van der Waals surface area contributed by atoms with Crippen LogP contribution >= 0.6 is 11.6 Å². The van der Waals surface area contributed by atoms with Crippen molar-refractivity contribution in [3.8, 4) is 0 Å². The minimum Gasteiger partial charge on any atom is -0.356 e. The molecule has 1 amide bonds. The van der Waals surface area contributed by atoms with Gasteiger partial charge >= 0.3 is 0 Å². The molecule has 0 unspecified atom stereocenters. The Morgan fingerprint density at radius 1 is 1.27 bits per heavy atom. The van der Waals surface area contributed by atoms with Crippen molar-refractivity contribution in [1.82, 2.24) is 9.97 Å². The topological polar surface area (TPSA) is 74.8 Å². The molecule has 0 fully saturated rings. The molecular weight excluding hydrogens is 357 g/mol. The van der Waals surface area contributed by atoms with Gasteiger partial charge in [0.2, 0.25) is 0 Å². The smallest absolute Gasteiger partial charge is 0.272 e. The molecule has 0 radical (unpaired) electrons.